The number of sulfonamides is 1. The van der Waals surface area contributed by atoms with Gasteiger partial charge >= 0.3 is 6.03 Å². The fourth-order valence-electron chi connectivity index (χ4n) is 2.62. The van der Waals surface area contributed by atoms with Gasteiger partial charge in [-0.2, -0.15) is 4.31 Å². The van der Waals surface area contributed by atoms with E-state index in [2.05, 4.69) is 16.2 Å². The van der Waals surface area contributed by atoms with Gasteiger partial charge in [-0.05, 0) is 42.5 Å². The lowest BCUT2D eigenvalue weighted by molar-refractivity contribution is 0.0730. The van der Waals surface area contributed by atoms with Gasteiger partial charge in [-0.25, -0.2) is 18.6 Å². The minimum Gasteiger partial charge on any atom is -0.379 e. The van der Waals surface area contributed by atoms with E-state index >= 15 is 0 Å². The molecule has 2 aromatic carbocycles. The second kappa shape index (κ2) is 9.23. The van der Waals surface area contributed by atoms with Crippen molar-refractivity contribution >= 4 is 39.2 Å². The molecule has 1 aliphatic rings. The topological polar surface area (TPSA) is 117 Å². The first-order valence-corrected chi connectivity index (χ1v) is 10.5. The van der Waals surface area contributed by atoms with Crippen molar-refractivity contribution in [2.24, 2.45) is 0 Å². The van der Waals surface area contributed by atoms with Crippen LogP contribution in [0.25, 0.3) is 0 Å². The highest BCUT2D eigenvalue weighted by atomic mass is 35.5. The molecule has 1 heterocycles. The number of urea groups is 1. The number of hydrazine groups is 1. The number of carbonyl (C=O) groups is 2. The van der Waals surface area contributed by atoms with Crippen LogP contribution < -0.4 is 16.2 Å². The van der Waals surface area contributed by atoms with E-state index in [-0.39, 0.29) is 23.5 Å². The molecule has 1 fully saturated rings. The van der Waals surface area contributed by atoms with Gasteiger partial charge in [0.2, 0.25) is 10.0 Å². The molecular formula is C18H19ClN4O5S. The van der Waals surface area contributed by atoms with Crippen LogP contribution in [0, 0.1) is 0 Å². The first-order valence-electron chi connectivity index (χ1n) is 8.67. The van der Waals surface area contributed by atoms with Gasteiger partial charge in [-0.15, -0.1) is 0 Å². The molecule has 1 saturated heterocycles. The molecule has 0 aliphatic carbocycles. The van der Waals surface area contributed by atoms with Crippen LogP contribution in [0.2, 0.25) is 5.02 Å². The molecule has 154 valence electrons. The molecule has 0 spiro atoms. The molecule has 0 atom stereocenters. The number of anilines is 1. The van der Waals surface area contributed by atoms with Crippen LogP contribution in [-0.4, -0.2) is 51.0 Å². The molecule has 29 heavy (non-hydrogen) atoms. The van der Waals surface area contributed by atoms with E-state index in [0.717, 1.165) is 0 Å². The van der Waals surface area contributed by atoms with Crippen LogP contribution in [0.3, 0.4) is 0 Å². The Bertz CT molecular complexity index is 992. The molecule has 0 saturated carbocycles. The van der Waals surface area contributed by atoms with Gasteiger partial charge in [-0.3, -0.25) is 10.2 Å². The minimum absolute atomic E-state index is 0.00216. The summed E-state index contributed by atoms with van der Waals surface area (Å²) in [5.74, 6) is -0.657. The highest BCUT2D eigenvalue weighted by molar-refractivity contribution is 7.89. The molecule has 0 radical (unpaired) electrons. The first kappa shape index (κ1) is 21.1. The SMILES string of the molecule is O=C(NNC(=O)c1cccc(S(=O)(=O)N2CCOCC2)c1)Nc1ccc(Cl)cc1. The second-order valence-electron chi connectivity index (χ2n) is 6.08. The Morgan fingerprint density at radius 2 is 1.69 bits per heavy atom. The zero-order valence-corrected chi connectivity index (χ0v) is 16.8. The summed E-state index contributed by atoms with van der Waals surface area (Å²) >= 11 is 5.78. The summed E-state index contributed by atoms with van der Waals surface area (Å²) in [4.78, 5) is 24.2. The van der Waals surface area contributed by atoms with Gasteiger partial charge in [0.25, 0.3) is 5.91 Å². The Morgan fingerprint density at radius 3 is 2.38 bits per heavy atom. The fourth-order valence-corrected chi connectivity index (χ4v) is 4.20. The van der Waals surface area contributed by atoms with Gasteiger partial charge in [0.15, 0.2) is 0 Å². The molecule has 3 rings (SSSR count). The number of hydrogen-bond acceptors (Lipinski definition) is 5. The van der Waals surface area contributed by atoms with Crippen molar-refractivity contribution in [3.63, 3.8) is 0 Å². The number of nitrogens with zero attached hydrogens (tertiary/aromatic N) is 1. The molecule has 0 unspecified atom stereocenters. The van der Waals surface area contributed by atoms with Crippen molar-refractivity contribution in [1.82, 2.24) is 15.2 Å². The van der Waals surface area contributed by atoms with E-state index < -0.39 is 22.0 Å². The third kappa shape index (κ3) is 5.45. The maximum atomic E-state index is 12.7. The largest absolute Gasteiger partial charge is 0.379 e. The predicted molar refractivity (Wildman–Crippen MR) is 107 cm³/mol. The number of halogens is 1. The number of hydrogen-bond donors (Lipinski definition) is 3. The molecule has 3 N–H and O–H groups in total. The molecule has 0 aromatic heterocycles. The van der Waals surface area contributed by atoms with Gasteiger partial charge in [0, 0.05) is 29.4 Å². The normalized spacial score (nSPS) is 14.8. The van der Waals surface area contributed by atoms with E-state index in [4.69, 9.17) is 16.3 Å². The van der Waals surface area contributed by atoms with Crippen molar-refractivity contribution in [1.29, 1.82) is 0 Å². The third-order valence-corrected chi connectivity index (χ3v) is 6.24. The number of carbonyl (C=O) groups excluding carboxylic acids is 2. The van der Waals surface area contributed by atoms with E-state index in [9.17, 15) is 18.0 Å². The van der Waals surface area contributed by atoms with Crippen molar-refractivity contribution in [2.45, 2.75) is 4.90 Å². The monoisotopic (exact) mass is 438 g/mol. The highest BCUT2D eigenvalue weighted by Gasteiger charge is 2.26. The van der Waals surface area contributed by atoms with Crippen LogP contribution in [0.15, 0.2) is 53.4 Å². The Morgan fingerprint density at radius 1 is 1.00 bits per heavy atom. The number of rotatable bonds is 4. The number of amides is 3. The van der Waals surface area contributed by atoms with Crippen molar-refractivity contribution in [3.8, 4) is 0 Å². The zero-order valence-electron chi connectivity index (χ0n) is 15.2. The van der Waals surface area contributed by atoms with Crippen molar-refractivity contribution < 1.29 is 22.7 Å². The van der Waals surface area contributed by atoms with Gasteiger partial charge in [-0.1, -0.05) is 17.7 Å². The number of nitrogens with one attached hydrogen (secondary N) is 3. The second-order valence-corrected chi connectivity index (χ2v) is 8.46. The van der Waals surface area contributed by atoms with Crippen LogP contribution in [0.1, 0.15) is 10.4 Å². The lowest BCUT2D eigenvalue weighted by Crippen LogP contribution is -2.44. The molecule has 0 bridgehead atoms. The number of morpholine rings is 1. The molecule has 9 nitrogen and oxygen atoms in total. The first-order chi connectivity index (χ1) is 13.9. The molecular weight excluding hydrogens is 420 g/mol. The average molecular weight is 439 g/mol. The fraction of sp³-hybridized carbons (Fsp3) is 0.222. The Balaban J connectivity index is 1.61. The highest BCUT2D eigenvalue weighted by Crippen LogP contribution is 2.18. The smallest absolute Gasteiger partial charge is 0.337 e. The van der Waals surface area contributed by atoms with Crippen LogP contribution in [-0.2, 0) is 14.8 Å². The molecule has 3 amide bonds. The van der Waals surface area contributed by atoms with Crippen molar-refractivity contribution in [3.05, 3.63) is 59.1 Å². The zero-order chi connectivity index (χ0) is 20.9. The summed E-state index contributed by atoms with van der Waals surface area (Å²) in [6.07, 6.45) is 0. The average Bonchev–Trinajstić information content (AvgIpc) is 2.74. The minimum atomic E-state index is -3.73. The number of benzene rings is 2. The van der Waals surface area contributed by atoms with Crippen LogP contribution >= 0.6 is 11.6 Å². The van der Waals surface area contributed by atoms with Gasteiger partial charge in [0.1, 0.15) is 0 Å². The molecule has 1 aliphatic heterocycles. The standard InChI is InChI=1S/C18H19ClN4O5S/c19-14-4-6-15(7-5-14)20-18(25)22-21-17(24)13-2-1-3-16(12-13)29(26,27)23-8-10-28-11-9-23/h1-7,12H,8-11H2,(H,21,24)(H2,20,22,25). The van der Waals surface area contributed by atoms with E-state index in [1.165, 1.54) is 28.6 Å². The maximum Gasteiger partial charge on any atom is 0.337 e. The van der Waals surface area contributed by atoms with Crippen LogP contribution in [0.4, 0.5) is 10.5 Å². The van der Waals surface area contributed by atoms with Crippen LogP contribution in [0.5, 0.6) is 0 Å². The van der Waals surface area contributed by atoms with E-state index in [0.29, 0.717) is 23.9 Å². The van der Waals surface area contributed by atoms with Gasteiger partial charge in [0.05, 0.1) is 18.1 Å². The summed E-state index contributed by atoms with van der Waals surface area (Å²) < 4.78 is 31.9. The molecule has 2 aromatic rings. The maximum absolute atomic E-state index is 12.7. The lowest BCUT2D eigenvalue weighted by Gasteiger charge is -2.26. The Kier molecular flexibility index (Phi) is 6.70. The van der Waals surface area contributed by atoms with Crippen molar-refractivity contribution in [2.75, 3.05) is 31.6 Å². The lowest BCUT2D eigenvalue weighted by atomic mass is 10.2. The summed E-state index contributed by atoms with van der Waals surface area (Å²) in [6.45, 7) is 1.16. The van der Waals surface area contributed by atoms with E-state index in [1.807, 2.05) is 0 Å². The summed E-state index contributed by atoms with van der Waals surface area (Å²) in [6, 6.07) is 11.3. The predicted octanol–water partition coefficient (Wildman–Crippen LogP) is 1.83. The summed E-state index contributed by atoms with van der Waals surface area (Å²) in [5, 5.41) is 3.04. The van der Waals surface area contributed by atoms with E-state index in [1.54, 1.807) is 24.3 Å². The van der Waals surface area contributed by atoms with Gasteiger partial charge < -0.3 is 10.1 Å². The third-order valence-electron chi connectivity index (χ3n) is 4.10. The Hall–Kier alpha value is -2.66. The quantitative estimate of drug-likeness (QED) is 0.629. The summed E-state index contributed by atoms with van der Waals surface area (Å²) in [5.41, 5.74) is 5.01. The Labute approximate surface area is 173 Å². The molecule has 11 heteroatoms. The number of ether oxygens (including phenoxy) is 1. The summed E-state index contributed by atoms with van der Waals surface area (Å²) in [7, 11) is -3.73.